The van der Waals surface area contributed by atoms with E-state index in [1.54, 1.807) is 19.2 Å². The maximum Gasteiger partial charge on any atom is 0.124 e. The Morgan fingerprint density at radius 2 is 1.88 bits per heavy atom. The number of hydrogen-bond donors (Lipinski definition) is 2. The third kappa shape index (κ3) is 1.93. The zero-order valence-corrected chi connectivity index (χ0v) is 9.52. The van der Waals surface area contributed by atoms with Crippen LogP contribution in [0.2, 0.25) is 0 Å². The summed E-state index contributed by atoms with van der Waals surface area (Å²) in [5.41, 5.74) is -0.302. The molecule has 0 heterocycles. The van der Waals surface area contributed by atoms with Gasteiger partial charge in [-0.05, 0) is 18.9 Å². The van der Waals surface area contributed by atoms with E-state index in [1.807, 2.05) is 12.1 Å². The van der Waals surface area contributed by atoms with Crippen LogP contribution in [0.3, 0.4) is 0 Å². The van der Waals surface area contributed by atoms with Gasteiger partial charge in [0.25, 0.3) is 0 Å². The smallest absolute Gasteiger partial charge is 0.124 e. The topological polar surface area (TPSA) is 49.7 Å². The lowest BCUT2D eigenvalue weighted by atomic mass is 9.89. The van der Waals surface area contributed by atoms with Crippen LogP contribution in [0, 0.1) is 0 Å². The number of aliphatic hydroxyl groups is 2. The highest BCUT2D eigenvalue weighted by atomic mass is 16.5. The molecule has 2 rings (SSSR count). The molecule has 1 aromatic rings. The Balaban J connectivity index is 2.29. The maximum absolute atomic E-state index is 10.3. The fourth-order valence-electron chi connectivity index (χ4n) is 2.44. The molecule has 16 heavy (non-hydrogen) atoms. The first kappa shape index (κ1) is 11.4. The molecular weight excluding hydrogens is 204 g/mol. The lowest BCUT2D eigenvalue weighted by Crippen LogP contribution is -2.33. The minimum absolute atomic E-state index is 0.635. The van der Waals surface area contributed by atoms with Gasteiger partial charge in [0.1, 0.15) is 11.9 Å². The van der Waals surface area contributed by atoms with Gasteiger partial charge in [0, 0.05) is 5.56 Å². The summed E-state index contributed by atoms with van der Waals surface area (Å²) >= 11 is 0. The number of hydrogen-bond acceptors (Lipinski definition) is 3. The molecule has 0 saturated heterocycles. The van der Waals surface area contributed by atoms with Gasteiger partial charge in [-0.15, -0.1) is 0 Å². The van der Waals surface area contributed by atoms with Gasteiger partial charge in [-0.3, -0.25) is 0 Å². The summed E-state index contributed by atoms with van der Waals surface area (Å²) < 4.78 is 5.20. The summed E-state index contributed by atoms with van der Waals surface area (Å²) in [5.74, 6) is 0.635. The van der Waals surface area contributed by atoms with E-state index in [4.69, 9.17) is 4.74 Å². The molecule has 1 aliphatic carbocycles. The van der Waals surface area contributed by atoms with Crippen LogP contribution in [0.4, 0.5) is 0 Å². The molecule has 1 atom stereocenters. The van der Waals surface area contributed by atoms with Gasteiger partial charge in [-0.2, -0.15) is 0 Å². The van der Waals surface area contributed by atoms with Crippen LogP contribution in [0.25, 0.3) is 0 Å². The molecule has 3 nitrogen and oxygen atoms in total. The van der Waals surface area contributed by atoms with E-state index >= 15 is 0 Å². The third-order valence-electron chi connectivity index (χ3n) is 3.41. The van der Waals surface area contributed by atoms with Crippen molar-refractivity contribution in [1.82, 2.24) is 0 Å². The molecule has 3 heteroatoms. The zero-order valence-electron chi connectivity index (χ0n) is 9.52. The highest BCUT2D eigenvalue weighted by molar-refractivity contribution is 5.36. The van der Waals surface area contributed by atoms with Gasteiger partial charge in [-0.25, -0.2) is 0 Å². The quantitative estimate of drug-likeness (QED) is 0.822. The summed E-state index contributed by atoms with van der Waals surface area (Å²) in [6.45, 7) is 0. The van der Waals surface area contributed by atoms with Gasteiger partial charge in [0.15, 0.2) is 0 Å². The predicted molar refractivity (Wildman–Crippen MR) is 61.4 cm³/mol. The van der Waals surface area contributed by atoms with Crippen LogP contribution in [0.15, 0.2) is 24.3 Å². The Kier molecular flexibility index (Phi) is 3.17. The first-order chi connectivity index (χ1) is 7.67. The van der Waals surface area contributed by atoms with Crippen molar-refractivity contribution in [1.29, 1.82) is 0 Å². The van der Waals surface area contributed by atoms with Crippen LogP contribution in [0.1, 0.15) is 37.4 Å². The van der Waals surface area contributed by atoms with Crippen molar-refractivity contribution in [3.05, 3.63) is 29.8 Å². The fraction of sp³-hybridized carbons (Fsp3) is 0.538. The fourth-order valence-corrected chi connectivity index (χ4v) is 2.44. The highest BCUT2D eigenvalue weighted by Gasteiger charge is 2.40. The predicted octanol–water partition coefficient (Wildman–Crippen LogP) is 2.03. The standard InChI is InChI=1S/C13H18O3/c1-16-11-7-3-2-6-10(11)12(14)13(15)8-4-5-9-13/h2-3,6-7,12,14-15H,4-5,8-9H2,1H3. The van der Waals surface area contributed by atoms with Crippen LogP contribution in [-0.2, 0) is 0 Å². The summed E-state index contributed by atoms with van der Waals surface area (Å²) in [6.07, 6.45) is 2.41. The minimum atomic E-state index is -0.978. The van der Waals surface area contributed by atoms with Crippen molar-refractivity contribution in [3.63, 3.8) is 0 Å². The van der Waals surface area contributed by atoms with E-state index in [9.17, 15) is 10.2 Å². The van der Waals surface area contributed by atoms with Gasteiger partial charge < -0.3 is 14.9 Å². The Hall–Kier alpha value is -1.06. The largest absolute Gasteiger partial charge is 0.496 e. The number of benzene rings is 1. The second-order valence-corrected chi connectivity index (χ2v) is 4.46. The lowest BCUT2D eigenvalue weighted by Gasteiger charge is -2.29. The number of ether oxygens (including phenoxy) is 1. The first-order valence-electron chi connectivity index (χ1n) is 5.71. The second kappa shape index (κ2) is 4.44. The Labute approximate surface area is 95.7 Å². The molecule has 1 aromatic carbocycles. The first-order valence-corrected chi connectivity index (χ1v) is 5.71. The van der Waals surface area contributed by atoms with Crippen LogP contribution in [-0.4, -0.2) is 22.9 Å². The molecule has 0 spiro atoms. The van der Waals surface area contributed by atoms with Crippen molar-refractivity contribution in [2.24, 2.45) is 0 Å². The van der Waals surface area contributed by atoms with Gasteiger partial charge in [-0.1, -0.05) is 31.0 Å². The average Bonchev–Trinajstić information content (AvgIpc) is 2.76. The normalized spacial score (nSPS) is 20.7. The van der Waals surface area contributed by atoms with Crippen molar-refractivity contribution < 1.29 is 14.9 Å². The SMILES string of the molecule is COc1ccccc1C(O)C1(O)CCCC1. The summed E-state index contributed by atoms with van der Waals surface area (Å²) in [5, 5.41) is 20.6. The molecule has 2 N–H and O–H groups in total. The maximum atomic E-state index is 10.3. The van der Waals surface area contributed by atoms with E-state index in [2.05, 4.69) is 0 Å². The molecule has 0 aromatic heterocycles. The Bertz CT molecular complexity index is 356. The van der Waals surface area contributed by atoms with Crippen molar-refractivity contribution >= 4 is 0 Å². The van der Waals surface area contributed by atoms with Crippen LogP contribution >= 0.6 is 0 Å². The van der Waals surface area contributed by atoms with Crippen molar-refractivity contribution in [2.75, 3.05) is 7.11 Å². The zero-order chi connectivity index (χ0) is 11.6. The number of rotatable bonds is 3. The molecule has 0 aliphatic heterocycles. The van der Waals surface area contributed by atoms with Crippen LogP contribution < -0.4 is 4.74 Å². The van der Waals surface area contributed by atoms with E-state index in [0.29, 0.717) is 24.2 Å². The summed E-state index contributed by atoms with van der Waals surface area (Å²) in [6, 6.07) is 7.31. The molecule has 1 fully saturated rings. The number of para-hydroxylation sites is 1. The lowest BCUT2D eigenvalue weighted by molar-refractivity contribution is -0.0726. The van der Waals surface area contributed by atoms with Gasteiger partial charge in [0.05, 0.1) is 12.7 Å². The van der Waals surface area contributed by atoms with Gasteiger partial charge in [0.2, 0.25) is 0 Å². The van der Waals surface area contributed by atoms with Gasteiger partial charge >= 0.3 is 0 Å². The molecular formula is C13H18O3. The highest BCUT2D eigenvalue weighted by Crippen LogP contribution is 2.42. The minimum Gasteiger partial charge on any atom is -0.496 e. The van der Waals surface area contributed by atoms with E-state index in [0.717, 1.165) is 12.8 Å². The number of aliphatic hydroxyl groups excluding tert-OH is 1. The van der Waals surface area contributed by atoms with E-state index < -0.39 is 11.7 Å². The molecule has 1 unspecified atom stereocenters. The molecule has 0 radical (unpaired) electrons. The van der Waals surface area contributed by atoms with Crippen molar-refractivity contribution in [3.8, 4) is 5.75 Å². The molecule has 0 amide bonds. The number of methoxy groups -OCH3 is 1. The molecule has 88 valence electrons. The second-order valence-electron chi connectivity index (χ2n) is 4.46. The van der Waals surface area contributed by atoms with Crippen LogP contribution in [0.5, 0.6) is 5.75 Å². The third-order valence-corrected chi connectivity index (χ3v) is 3.41. The molecule has 1 aliphatic rings. The summed E-state index contributed by atoms with van der Waals surface area (Å²) in [7, 11) is 1.57. The van der Waals surface area contributed by atoms with E-state index in [-0.39, 0.29) is 0 Å². The average molecular weight is 222 g/mol. The van der Waals surface area contributed by atoms with E-state index in [1.165, 1.54) is 0 Å². The summed E-state index contributed by atoms with van der Waals surface area (Å²) in [4.78, 5) is 0. The monoisotopic (exact) mass is 222 g/mol. The Morgan fingerprint density at radius 1 is 1.25 bits per heavy atom. The van der Waals surface area contributed by atoms with Crippen molar-refractivity contribution in [2.45, 2.75) is 37.4 Å². The Morgan fingerprint density at radius 3 is 2.50 bits per heavy atom. The molecule has 0 bridgehead atoms. The molecule has 1 saturated carbocycles.